The third-order valence-corrected chi connectivity index (χ3v) is 4.05. The van der Waals surface area contributed by atoms with Crippen LogP contribution < -0.4 is 15.5 Å². The maximum Gasteiger partial charge on any atom is 0.323 e. The van der Waals surface area contributed by atoms with E-state index in [1.165, 1.54) is 18.2 Å². The van der Waals surface area contributed by atoms with Crippen molar-refractivity contribution in [2.24, 2.45) is 0 Å². The number of aryl methyl sites for hydroxylation is 1. The van der Waals surface area contributed by atoms with E-state index in [2.05, 4.69) is 29.4 Å². The molecule has 2 rings (SSSR count). The minimum Gasteiger partial charge on any atom is -0.372 e. The summed E-state index contributed by atoms with van der Waals surface area (Å²) in [6, 6.07) is 9.52. The van der Waals surface area contributed by atoms with Crippen LogP contribution in [-0.2, 0) is 0 Å². The minimum atomic E-state index is -0.523. The van der Waals surface area contributed by atoms with Crippen LogP contribution in [0.5, 0.6) is 0 Å². The molecule has 2 aromatic rings. The third kappa shape index (κ3) is 4.38. The topological polar surface area (TPSA) is 44.4 Å². The van der Waals surface area contributed by atoms with Gasteiger partial charge in [-0.2, -0.15) is 0 Å². The molecule has 0 spiro atoms. The SMILES string of the molecule is CCN(CC)c1ccc(NC(=O)Nc2ccc(F)c(Cl)c2)c(C)c1. The summed E-state index contributed by atoms with van der Waals surface area (Å²) in [7, 11) is 0. The van der Waals surface area contributed by atoms with Gasteiger partial charge in [0.05, 0.1) is 5.02 Å². The molecule has 6 heteroatoms. The number of nitrogens with zero attached hydrogens (tertiary/aromatic N) is 1. The highest BCUT2D eigenvalue weighted by molar-refractivity contribution is 6.31. The lowest BCUT2D eigenvalue weighted by atomic mass is 10.1. The van der Waals surface area contributed by atoms with Gasteiger partial charge >= 0.3 is 6.03 Å². The Balaban J connectivity index is 2.07. The highest BCUT2D eigenvalue weighted by Gasteiger charge is 2.09. The fourth-order valence-electron chi connectivity index (χ4n) is 2.43. The maximum absolute atomic E-state index is 13.1. The van der Waals surface area contributed by atoms with Crippen LogP contribution in [0.15, 0.2) is 36.4 Å². The average Bonchev–Trinajstić information content (AvgIpc) is 2.54. The Kier molecular flexibility index (Phi) is 6.04. The van der Waals surface area contributed by atoms with Crippen LogP contribution in [0.2, 0.25) is 5.02 Å². The molecule has 128 valence electrons. The molecule has 0 radical (unpaired) electrons. The molecule has 0 heterocycles. The van der Waals surface area contributed by atoms with Crippen molar-refractivity contribution in [3.05, 3.63) is 52.8 Å². The van der Waals surface area contributed by atoms with E-state index in [9.17, 15) is 9.18 Å². The van der Waals surface area contributed by atoms with Gasteiger partial charge in [-0.15, -0.1) is 0 Å². The van der Waals surface area contributed by atoms with Gasteiger partial charge in [-0.1, -0.05) is 11.6 Å². The van der Waals surface area contributed by atoms with Gasteiger partial charge in [-0.3, -0.25) is 0 Å². The van der Waals surface area contributed by atoms with E-state index in [4.69, 9.17) is 11.6 Å². The molecule has 0 saturated carbocycles. The lowest BCUT2D eigenvalue weighted by molar-refractivity contribution is 0.262. The number of carbonyl (C=O) groups excluding carboxylic acids is 1. The van der Waals surface area contributed by atoms with Crippen molar-refractivity contribution < 1.29 is 9.18 Å². The molecular weight excluding hydrogens is 329 g/mol. The predicted octanol–water partition coefficient (Wildman–Crippen LogP) is 5.28. The summed E-state index contributed by atoms with van der Waals surface area (Å²) < 4.78 is 13.1. The first-order valence-electron chi connectivity index (χ1n) is 7.83. The summed E-state index contributed by atoms with van der Waals surface area (Å²) in [5.41, 5.74) is 3.23. The van der Waals surface area contributed by atoms with Crippen molar-refractivity contribution in [2.75, 3.05) is 28.6 Å². The second kappa shape index (κ2) is 8.02. The van der Waals surface area contributed by atoms with E-state index in [1.54, 1.807) is 0 Å². The Labute approximate surface area is 146 Å². The molecule has 0 unspecified atom stereocenters. The zero-order chi connectivity index (χ0) is 17.7. The summed E-state index contributed by atoms with van der Waals surface area (Å²) in [5, 5.41) is 5.39. The summed E-state index contributed by atoms with van der Waals surface area (Å²) in [6.45, 7) is 8.00. The van der Waals surface area contributed by atoms with Crippen molar-refractivity contribution in [1.82, 2.24) is 0 Å². The van der Waals surface area contributed by atoms with Gasteiger partial charge < -0.3 is 15.5 Å². The van der Waals surface area contributed by atoms with Crippen LogP contribution in [0, 0.1) is 12.7 Å². The molecule has 2 amide bonds. The molecule has 0 aliphatic heterocycles. The molecule has 0 fully saturated rings. The Morgan fingerprint density at radius 2 is 1.83 bits per heavy atom. The van der Waals surface area contributed by atoms with Gasteiger partial charge in [0, 0.05) is 30.2 Å². The molecule has 0 atom stereocenters. The molecule has 0 aliphatic rings. The Morgan fingerprint density at radius 3 is 2.42 bits per heavy atom. The fraction of sp³-hybridized carbons (Fsp3) is 0.278. The highest BCUT2D eigenvalue weighted by Crippen LogP contribution is 2.23. The van der Waals surface area contributed by atoms with E-state index >= 15 is 0 Å². The normalized spacial score (nSPS) is 10.4. The van der Waals surface area contributed by atoms with Crippen molar-refractivity contribution in [1.29, 1.82) is 0 Å². The molecule has 0 bridgehead atoms. The monoisotopic (exact) mass is 349 g/mol. The third-order valence-electron chi connectivity index (χ3n) is 3.76. The second-order valence-corrected chi connectivity index (χ2v) is 5.79. The molecule has 0 aromatic heterocycles. The largest absolute Gasteiger partial charge is 0.372 e. The number of hydrogen-bond acceptors (Lipinski definition) is 2. The van der Waals surface area contributed by atoms with Crippen LogP contribution in [0.25, 0.3) is 0 Å². The Hall–Kier alpha value is -2.27. The number of anilines is 3. The average molecular weight is 350 g/mol. The predicted molar refractivity (Wildman–Crippen MR) is 98.8 cm³/mol. The highest BCUT2D eigenvalue weighted by atomic mass is 35.5. The van der Waals surface area contributed by atoms with E-state index in [1.807, 2.05) is 25.1 Å². The summed E-state index contributed by atoms with van der Waals surface area (Å²) in [5.74, 6) is -0.523. The lowest BCUT2D eigenvalue weighted by Gasteiger charge is -2.22. The van der Waals surface area contributed by atoms with Crippen LogP contribution in [0.3, 0.4) is 0 Å². The molecule has 2 aromatic carbocycles. The standard InChI is InChI=1S/C18H21ClFN3O/c1-4-23(5-2)14-7-9-17(12(3)10-14)22-18(24)21-13-6-8-16(20)15(19)11-13/h6-11H,4-5H2,1-3H3,(H2,21,22,24). The van der Waals surface area contributed by atoms with Crippen LogP contribution in [0.1, 0.15) is 19.4 Å². The Bertz CT molecular complexity index is 732. The molecule has 0 aliphatic carbocycles. The van der Waals surface area contributed by atoms with Gasteiger partial charge in [0.1, 0.15) is 5.82 Å². The number of carbonyl (C=O) groups is 1. The van der Waals surface area contributed by atoms with Crippen LogP contribution >= 0.6 is 11.6 Å². The van der Waals surface area contributed by atoms with Crippen LogP contribution in [0.4, 0.5) is 26.2 Å². The van der Waals surface area contributed by atoms with Gasteiger partial charge in [-0.25, -0.2) is 9.18 Å². The number of hydrogen-bond donors (Lipinski definition) is 2. The van der Waals surface area contributed by atoms with E-state index < -0.39 is 11.8 Å². The molecule has 2 N–H and O–H groups in total. The molecular formula is C18H21ClFN3O. The zero-order valence-electron chi connectivity index (χ0n) is 14.0. The molecule has 4 nitrogen and oxygen atoms in total. The van der Waals surface area contributed by atoms with Gasteiger partial charge in [-0.05, 0) is 62.7 Å². The molecule has 0 saturated heterocycles. The summed E-state index contributed by atoms with van der Waals surface area (Å²) in [4.78, 5) is 14.3. The number of urea groups is 1. The quantitative estimate of drug-likeness (QED) is 0.771. The summed E-state index contributed by atoms with van der Waals surface area (Å²) in [6.07, 6.45) is 0. The Morgan fingerprint density at radius 1 is 1.12 bits per heavy atom. The maximum atomic E-state index is 13.1. The van der Waals surface area contributed by atoms with Crippen molar-refractivity contribution in [3.63, 3.8) is 0 Å². The smallest absolute Gasteiger partial charge is 0.323 e. The van der Waals surface area contributed by atoms with Crippen molar-refractivity contribution in [2.45, 2.75) is 20.8 Å². The number of amides is 2. The van der Waals surface area contributed by atoms with Crippen molar-refractivity contribution in [3.8, 4) is 0 Å². The zero-order valence-corrected chi connectivity index (χ0v) is 14.7. The fourth-order valence-corrected chi connectivity index (χ4v) is 2.61. The van der Waals surface area contributed by atoms with Gasteiger partial charge in [0.25, 0.3) is 0 Å². The first-order chi connectivity index (χ1) is 11.4. The molecule has 24 heavy (non-hydrogen) atoms. The number of rotatable bonds is 5. The number of nitrogens with one attached hydrogen (secondary N) is 2. The van der Waals surface area contributed by atoms with E-state index in [0.717, 1.165) is 30.0 Å². The first-order valence-corrected chi connectivity index (χ1v) is 8.21. The van der Waals surface area contributed by atoms with E-state index in [-0.39, 0.29) is 5.02 Å². The first kappa shape index (κ1) is 18.1. The van der Waals surface area contributed by atoms with Gasteiger partial charge in [0.15, 0.2) is 0 Å². The summed E-state index contributed by atoms with van der Waals surface area (Å²) >= 11 is 5.71. The number of benzene rings is 2. The lowest BCUT2D eigenvalue weighted by Crippen LogP contribution is -2.22. The van der Waals surface area contributed by atoms with Crippen LogP contribution in [-0.4, -0.2) is 19.1 Å². The van der Waals surface area contributed by atoms with E-state index in [0.29, 0.717) is 5.69 Å². The second-order valence-electron chi connectivity index (χ2n) is 5.38. The minimum absolute atomic E-state index is 0.0347. The van der Waals surface area contributed by atoms with Gasteiger partial charge in [0.2, 0.25) is 0 Å². The number of halogens is 2. The van der Waals surface area contributed by atoms with Crippen molar-refractivity contribution >= 4 is 34.7 Å².